The van der Waals surface area contributed by atoms with Gasteiger partial charge in [0.15, 0.2) is 0 Å². The first-order chi connectivity index (χ1) is 6.62. The maximum absolute atomic E-state index is 11.5. The quantitative estimate of drug-likeness (QED) is 0.188. The van der Waals surface area contributed by atoms with Crippen LogP contribution in [0, 0.1) is 10.4 Å². The van der Waals surface area contributed by atoms with E-state index in [1.54, 1.807) is 0 Å². The van der Waals surface area contributed by atoms with Gasteiger partial charge in [-0.25, -0.2) is 0 Å². The number of hydrogen-bond acceptors (Lipinski definition) is 6. The molecule has 4 N–H and O–H groups in total. The Kier molecular flexibility index (Phi) is 5.41. The van der Waals surface area contributed by atoms with Crippen LogP contribution in [0.3, 0.4) is 0 Å². The van der Waals surface area contributed by atoms with Gasteiger partial charge in [0.25, 0.3) is 0 Å². The maximum atomic E-state index is 11.5. The normalized spacial score (nSPS) is 39.0. The number of rotatable bonds is 0. The molecule has 0 aromatic heterocycles. The summed E-state index contributed by atoms with van der Waals surface area (Å²) < 4.78 is -0.190. The SMILES string of the molecule is OO.OO.[O-][N+]12CC[N+]([O-])(CC1)CC2. The van der Waals surface area contributed by atoms with Crippen molar-refractivity contribution in [3.05, 3.63) is 10.4 Å². The lowest BCUT2D eigenvalue weighted by molar-refractivity contribution is -1.04. The highest BCUT2D eigenvalue weighted by Crippen LogP contribution is 2.23. The van der Waals surface area contributed by atoms with Crippen molar-refractivity contribution < 1.29 is 30.3 Å². The zero-order valence-corrected chi connectivity index (χ0v) is 7.74. The minimum absolute atomic E-state index is 0.0950. The largest absolute Gasteiger partial charge is 0.632 e. The molecule has 0 radical (unpaired) electrons. The molecular weight excluding hydrogens is 196 g/mol. The topological polar surface area (TPSA) is 127 Å². The molecule has 0 aromatic rings. The smallest absolute Gasteiger partial charge is 0.129 e. The number of fused-ring (bicyclic) bond motifs is 3. The Bertz CT molecular complexity index is 124. The fraction of sp³-hybridized carbons (Fsp3) is 1.00. The molecule has 8 nitrogen and oxygen atoms in total. The summed E-state index contributed by atoms with van der Waals surface area (Å²) in [5.41, 5.74) is 0. The van der Waals surface area contributed by atoms with E-state index in [0.717, 1.165) is 0 Å². The summed E-state index contributed by atoms with van der Waals surface area (Å²) in [7, 11) is 0. The molecule has 86 valence electrons. The second kappa shape index (κ2) is 5.53. The zero-order chi connectivity index (χ0) is 11.2. The molecule has 0 aliphatic carbocycles. The third-order valence-electron chi connectivity index (χ3n) is 2.75. The van der Waals surface area contributed by atoms with Crippen LogP contribution in [0.2, 0.25) is 0 Å². The monoisotopic (exact) mass is 212 g/mol. The molecule has 2 bridgehead atoms. The summed E-state index contributed by atoms with van der Waals surface area (Å²) in [6, 6.07) is 0. The van der Waals surface area contributed by atoms with E-state index in [1.807, 2.05) is 0 Å². The number of quaternary nitrogens is 2. The Hall–Kier alpha value is -0.320. The minimum Gasteiger partial charge on any atom is -0.632 e. The van der Waals surface area contributed by atoms with Gasteiger partial charge in [0.05, 0.1) is 0 Å². The van der Waals surface area contributed by atoms with E-state index in [2.05, 4.69) is 0 Å². The molecule has 3 heterocycles. The van der Waals surface area contributed by atoms with E-state index in [4.69, 9.17) is 21.0 Å². The first-order valence-electron chi connectivity index (χ1n) is 4.16. The van der Waals surface area contributed by atoms with Crippen LogP contribution in [-0.2, 0) is 0 Å². The Morgan fingerprint density at radius 2 is 0.714 bits per heavy atom. The van der Waals surface area contributed by atoms with Crippen LogP contribution in [0.15, 0.2) is 0 Å². The van der Waals surface area contributed by atoms with Gasteiger partial charge in [-0.1, -0.05) is 0 Å². The van der Waals surface area contributed by atoms with Gasteiger partial charge in [0.2, 0.25) is 0 Å². The molecule has 0 aromatic carbocycles. The van der Waals surface area contributed by atoms with Gasteiger partial charge in [0, 0.05) is 0 Å². The van der Waals surface area contributed by atoms with Gasteiger partial charge in [-0.3, -0.25) is 21.0 Å². The van der Waals surface area contributed by atoms with Gasteiger partial charge >= 0.3 is 0 Å². The number of nitrogens with zero attached hydrogens (tertiary/aromatic N) is 2. The summed E-state index contributed by atoms with van der Waals surface area (Å²) in [6.45, 7) is 3.27. The van der Waals surface area contributed by atoms with Crippen LogP contribution in [-0.4, -0.2) is 69.6 Å². The average Bonchev–Trinajstić information content (AvgIpc) is 2.27. The predicted octanol–water partition coefficient (Wildman–Crippen LogP) is -0.322. The third-order valence-corrected chi connectivity index (χ3v) is 2.75. The highest BCUT2D eigenvalue weighted by Gasteiger charge is 2.39. The van der Waals surface area contributed by atoms with Crippen molar-refractivity contribution in [3.63, 3.8) is 0 Å². The van der Waals surface area contributed by atoms with Crippen LogP contribution in [0.1, 0.15) is 0 Å². The zero-order valence-electron chi connectivity index (χ0n) is 7.74. The molecule has 14 heavy (non-hydrogen) atoms. The molecule has 0 unspecified atom stereocenters. The number of piperazine rings is 3. The molecule has 0 spiro atoms. The van der Waals surface area contributed by atoms with Crippen molar-refractivity contribution in [1.29, 1.82) is 0 Å². The second-order valence-electron chi connectivity index (χ2n) is 3.46. The lowest BCUT2D eigenvalue weighted by atomic mass is 10.2. The van der Waals surface area contributed by atoms with Gasteiger partial charge in [-0.15, -0.1) is 0 Å². The Labute approximate surface area is 81.0 Å². The molecule has 8 heteroatoms. The van der Waals surface area contributed by atoms with Gasteiger partial charge in [-0.05, 0) is 0 Å². The van der Waals surface area contributed by atoms with Crippen LogP contribution in [0.4, 0.5) is 0 Å². The highest BCUT2D eigenvalue weighted by atomic mass is 17.0. The van der Waals surface area contributed by atoms with Crippen molar-refractivity contribution in [3.8, 4) is 0 Å². The predicted molar refractivity (Wildman–Crippen MR) is 47.0 cm³/mol. The summed E-state index contributed by atoms with van der Waals surface area (Å²) in [4.78, 5) is 0. The van der Waals surface area contributed by atoms with E-state index in [0.29, 0.717) is 39.3 Å². The average molecular weight is 212 g/mol. The van der Waals surface area contributed by atoms with E-state index < -0.39 is 0 Å². The van der Waals surface area contributed by atoms with Gasteiger partial charge < -0.3 is 19.7 Å². The van der Waals surface area contributed by atoms with Crippen molar-refractivity contribution >= 4 is 0 Å². The lowest BCUT2D eigenvalue weighted by Crippen LogP contribution is -2.70. The van der Waals surface area contributed by atoms with Crippen LogP contribution >= 0.6 is 0 Å². The summed E-state index contributed by atoms with van der Waals surface area (Å²) in [5, 5.41) is 46.9. The maximum Gasteiger partial charge on any atom is 0.129 e. The molecule has 3 rings (SSSR count). The van der Waals surface area contributed by atoms with Crippen LogP contribution in [0.5, 0.6) is 0 Å². The first kappa shape index (κ1) is 13.7. The number of hydrogen-bond donors (Lipinski definition) is 4. The van der Waals surface area contributed by atoms with Crippen molar-refractivity contribution in [2.45, 2.75) is 0 Å². The van der Waals surface area contributed by atoms with Crippen molar-refractivity contribution in [2.75, 3.05) is 39.3 Å². The lowest BCUT2D eigenvalue weighted by Gasteiger charge is -2.59. The van der Waals surface area contributed by atoms with Crippen LogP contribution < -0.4 is 0 Å². The highest BCUT2D eigenvalue weighted by molar-refractivity contribution is 4.61. The second-order valence-corrected chi connectivity index (χ2v) is 3.46. The van der Waals surface area contributed by atoms with Crippen LogP contribution in [0.25, 0.3) is 0 Å². The van der Waals surface area contributed by atoms with E-state index in [-0.39, 0.29) is 9.29 Å². The Morgan fingerprint density at radius 3 is 0.857 bits per heavy atom. The third kappa shape index (κ3) is 3.12. The molecular formula is C6H16N2O6. The molecule has 3 saturated heterocycles. The van der Waals surface area contributed by atoms with Crippen molar-refractivity contribution in [1.82, 2.24) is 0 Å². The van der Waals surface area contributed by atoms with E-state index >= 15 is 0 Å². The molecule has 0 saturated carbocycles. The van der Waals surface area contributed by atoms with E-state index in [1.165, 1.54) is 0 Å². The van der Waals surface area contributed by atoms with Crippen molar-refractivity contribution in [2.24, 2.45) is 0 Å². The minimum atomic E-state index is -0.0950. The molecule has 3 fully saturated rings. The summed E-state index contributed by atoms with van der Waals surface area (Å²) in [6.07, 6.45) is 0. The Morgan fingerprint density at radius 1 is 0.571 bits per heavy atom. The fourth-order valence-corrected chi connectivity index (χ4v) is 1.76. The fourth-order valence-electron chi connectivity index (χ4n) is 1.76. The molecule has 3 aliphatic heterocycles. The standard InChI is InChI=1S/C6H12N2O2.2H2O2/c9-7-1-2-8(10,5-3-7)6-4-7;2*1-2/h1-6H2;2*1-2H. The Balaban J connectivity index is 0.000000379. The summed E-state index contributed by atoms with van der Waals surface area (Å²) in [5.74, 6) is 0. The first-order valence-corrected chi connectivity index (χ1v) is 4.16. The molecule has 0 amide bonds. The number of hydroxylamine groups is 6. The van der Waals surface area contributed by atoms with E-state index in [9.17, 15) is 10.4 Å². The van der Waals surface area contributed by atoms with Gasteiger partial charge in [0.1, 0.15) is 39.3 Å². The molecule has 3 aliphatic rings. The summed E-state index contributed by atoms with van der Waals surface area (Å²) >= 11 is 0. The van der Waals surface area contributed by atoms with Gasteiger partial charge in [-0.2, -0.15) is 0 Å². The molecule has 0 atom stereocenters.